The summed E-state index contributed by atoms with van der Waals surface area (Å²) >= 11 is 0. The maximum Gasteiger partial charge on any atom is 0.129 e. The van der Waals surface area contributed by atoms with Gasteiger partial charge in [0.05, 0.1) is 0 Å². The van der Waals surface area contributed by atoms with E-state index in [-0.39, 0.29) is 11.6 Å². The minimum atomic E-state index is -0.442. The van der Waals surface area contributed by atoms with E-state index >= 15 is 0 Å². The van der Waals surface area contributed by atoms with Crippen LogP contribution < -0.4 is 5.32 Å². The average Bonchev–Trinajstić information content (AvgIpc) is 3.19. The normalized spacial score (nSPS) is 28.0. The van der Waals surface area contributed by atoms with Crippen molar-refractivity contribution in [3.05, 3.63) is 35.4 Å². The highest BCUT2D eigenvalue weighted by molar-refractivity contribution is 5.20. The van der Waals surface area contributed by atoms with Crippen LogP contribution in [0, 0.1) is 11.6 Å². The fourth-order valence-corrected chi connectivity index (χ4v) is 3.59. The van der Waals surface area contributed by atoms with Crippen LogP contribution in [0.15, 0.2) is 18.2 Å². The van der Waals surface area contributed by atoms with Crippen LogP contribution in [-0.2, 0) is 6.42 Å². The summed E-state index contributed by atoms with van der Waals surface area (Å²) in [5.74, 6) is -0.883. The van der Waals surface area contributed by atoms with Crippen LogP contribution in [0.4, 0.5) is 8.78 Å². The van der Waals surface area contributed by atoms with E-state index in [1.807, 2.05) is 6.92 Å². The van der Waals surface area contributed by atoms with Gasteiger partial charge in [-0.1, -0.05) is 6.07 Å². The third-order valence-electron chi connectivity index (χ3n) is 4.73. The summed E-state index contributed by atoms with van der Waals surface area (Å²) in [7, 11) is 0. The van der Waals surface area contributed by atoms with Gasteiger partial charge in [0.25, 0.3) is 0 Å². The first-order valence-corrected chi connectivity index (χ1v) is 7.99. The molecule has 0 amide bonds. The van der Waals surface area contributed by atoms with Crippen molar-refractivity contribution in [2.45, 2.75) is 63.7 Å². The van der Waals surface area contributed by atoms with Gasteiger partial charge in [0.15, 0.2) is 0 Å². The molecule has 0 bridgehead atoms. The second-order valence-corrected chi connectivity index (χ2v) is 6.68. The molecule has 2 nitrogen and oxygen atoms in total. The Bertz CT molecular complexity index is 481. The van der Waals surface area contributed by atoms with Gasteiger partial charge in [0.2, 0.25) is 0 Å². The van der Waals surface area contributed by atoms with Gasteiger partial charge >= 0.3 is 0 Å². The molecule has 3 atom stereocenters. The molecule has 1 heterocycles. The van der Waals surface area contributed by atoms with Gasteiger partial charge in [-0.2, -0.15) is 0 Å². The highest BCUT2D eigenvalue weighted by atomic mass is 19.1. The maximum atomic E-state index is 13.7. The van der Waals surface area contributed by atoms with Gasteiger partial charge in [-0.05, 0) is 51.7 Å². The fraction of sp³-hybridized carbons (Fsp3) is 0.647. The summed E-state index contributed by atoms with van der Waals surface area (Å²) in [5.41, 5.74) is 0.197. The molecule has 1 aliphatic heterocycles. The zero-order valence-corrected chi connectivity index (χ0v) is 12.8. The molecule has 4 heteroatoms. The van der Waals surface area contributed by atoms with Gasteiger partial charge in [-0.25, -0.2) is 8.78 Å². The minimum Gasteiger partial charge on any atom is -0.310 e. The van der Waals surface area contributed by atoms with Crippen LogP contribution in [0.2, 0.25) is 0 Å². The molecule has 3 rings (SSSR count). The Labute approximate surface area is 125 Å². The predicted molar refractivity (Wildman–Crippen MR) is 80.3 cm³/mol. The molecule has 1 saturated heterocycles. The lowest BCUT2D eigenvalue weighted by Crippen LogP contribution is -2.40. The number of likely N-dealkylation sites (tertiary alicyclic amines) is 1. The van der Waals surface area contributed by atoms with Crippen molar-refractivity contribution in [3.8, 4) is 0 Å². The highest BCUT2D eigenvalue weighted by Crippen LogP contribution is 2.33. The molecule has 0 spiro atoms. The van der Waals surface area contributed by atoms with E-state index < -0.39 is 11.6 Å². The first kappa shape index (κ1) is 14.9. The molecular weight excluding hydrogens is 270 g/mol. The molecule has 3 unspecified atom stereocenters. The number of hydrogen-bond donors (Lipinski definition) is 1. The SMILES string of the molecule is CC(Cc1c(F)cccc1F)NC1CC(C)N(C2CC2)C1. The summed E-state index contributed by atoms with van der Waals surface area (Å²) < 4.78 is 27.4. The molecule has 1 N–H and O–H groups in total. The second kappa shape index (κ2) is 6.01. The molecule has 0 aromatic heterocycles. The monoisotopic (exact) mass is 294 g/mol. The number of benzene rings is 1. The molecule has 1 aromatic carbocycles. The summed E-state index contributed by atoms with van der Waals surface area (Å²) in [6.45, 7) is 5.35. The Morgan fingerprint density at radius 3 is 2.57 bits per heavy atom. The van der Waals surface area contributed by atoms with Gasteiger partial charge in [0, 0.05) is 36.3 Å². The molecule has 21 heavy (non-hydrogen) atoms. The summed E-state index contributed by atoms with van der Waals surface area (Å²) in [4.78, 5) is 2.58. The number of rotatable bonds is 5. The number of nitrogens with zero attached hydrogens (tertiary/aromatic N) is 1. The Hall–Kier alpha value is -1.00. The summed E-state index contributed by atoms with van der Waals surface area (Å²) in [5, 5.41) is 3.55. The Morgan fingerprint density at radius 1 is 1.29 bits per heavy atom. The van der Waals surface area contributed by atoms with E-state index in [0.717, 1.165) is 19.0 Å². The number of hydrogen-bond acceptors (Lipinski definition) is 2. The summed E-state index contributed by atoms with van der Waals surface area (Å²) in [6.07, 6.45) is 4.17. The van der Waals surface area contributed by atoms with Gasteiger partial charge in [-0.3, -0.25) is 4.90 Å². The van der Waals surface area contributed by atoms with Crippen LogP contribution in [0.25, 0.3) is 0 Å². The van der Waals surface area contributed by atoms with Gasteiger partial charge in [-0.15, -0.1) is 0 Å². The van der Waals surface area contributed by atoms with Crippen molar-refractivity contribution in [2.24, 2.45) is 0 Å². The minimum absolute atomic E-state index is 0.0766. The van der Waals surface area contributed by atoms with E-state index in [2.05, 4.69) is 17.1 Å². The zero-order valence-electron chi connectivity index (χ0n) is 12.8. The van der Waals surface area contributed by atoms with E-state index in [1.54, 1.807) is 0 Å². The van der Waals surface area contributed by atoms with Crippen LogP contribution >= 0.6 is 0 Å². The Morgan fingerprint density at radius 2 is 1.95 bits per heavy atom. The lowest BCUT2D eigenvalue weighted by molar-refractivity contribution is 0.254. The molecule has 2 fully saturated rings. The van der Waals surface area contributed by atoms with Crippen LogP contribution in [0.3, 0.4) is 0 Å². The first-order valence-electron chi connectivity index (χ1n) is 7.99. The van der Waals surface area contributed by atoms with Crippen molar-refractivity contribution in [1.82, 2.24) is 10.2 Å². The van der Waals surface area contributed by atoms with Crippen molar-refractivity contribution in [1.29, 1.82) is 0 Å². The molecule has 1 aliphatic carbocycles. The number of halogens is 2. The quantitative estimate of drug-likeness (QED) is 0.897. The highest BCUT2D eigenvalue weighted by Gasteiger charge is 2.38. The molecule has 0 radical (unpaired) electrons. The third kappa shape index (κ3) is 3.43. The standard InChI is InChI=1S/C17H24F2N2/c1-11(8-15-16(18)4-3-5-17(15)19)20-13-9-12(2)21(10-13)14-6-7-14/h3-5,11-14,20H,6-10H2,1-2H3. The van der Waals surface area contributed by atoms with E-state index in [4.69, 9.17) is 0 Å². The second-order valence-electron chi connectivity index (χ2n) is 6.68. The van der Waals surface area contributed by atoms with Crippen molar-refractivity contribution >= 4 is 0 Å². The molecule has 1 aromatic rings. The van der Waals surface area contributed by atoms with E-state index in [9.17, 15) is 8.78 Å². The molecule has 2 aliphatic rings. The first-order chi connectivity index (χ1) is 10.0. The Kier molecular flexibility index (Phi) is 4.27. The lowest BCUT2D eigenvalue weighted by Gasteiger charge is -2.21. The maximum absolute atomic E-state index is 13.7. The van der Waals surface area contributed by atoms with E-state index in [0.29, 0.717) is 18.5 Å². The predicted octanol–water partition coefficient (Wildman–Crippen LogP) is 3.11. The third-order valence-corrected chi connectivity index (χ3v) is 4.73. The molecule has 1 saturated carbocycles. The van der Waals surface area contributed by atoms with Crippen LogP contribution in [0.5, 0.6) is 0 Å². The fourth-order valence-electron chi connectivity index (χ4n) is 3.59. The van der Waals surface area contributed by atoms with Crippen LogP contribution in [0.1, 0.15) is 38.7 Å². The van der Waals surface area contributed by atoms with Gasteiger partial charge < -0.3 is 5.32 Å². The van der Waals surface area contributed by atoms with Crippen molar-refractivity contribution in [2.75, 3.05) is 6.54 Å². The van der Waals surface area contributed by atoms with Crippen molar-refractivity contribution < 1.29 is 8.78 Å². The topological polar surface area (TPSA) is 15.3 Å². The molecular formula is C17H24F2N2. The lowest BCUT2D eigenvalue weighted by atomic mass is 10.0. The number of nitrogens with one attached hydrogen (secondary N) is 1. The Balaban J connectivity index is 1.56. The van der Waals surface area contributed by atoms with Gasteiger partial charge in [0.1, 0.15) is 11.6 Å². The van der Waals surface area contributed by atoms with E-state index in [1.165, 1.54) is 31.0 Å². The smallest absolute Gasteiger partial charge is 0.129 e. The molecule has 116 valence electrons. The summed E-state index contributed by atoms with van der Waals surface area (Å²) in [6, 6.07) is 5.99. The van der Waals surface area contributed by atoms with Crippen molar-refractivity contribution in [3.63, 3.8) is 0 Å². The van der Waals surface area contributed by atoms with Crippen LogP contribution in [-0.4, -0.2) is 35.6 Å². The largest absolute Gasteiger partial charge is 0.310 e. The zero-order chi connectivity index (χ0) is 15.0. The average molecular weight is 294 g/mol.